The second-order valence-corrected chi connectivity index (χ2v) is 19.2. The SMILES string of the molecule is c1ccc2c(c1)c1cccc3c4c5c6c7c(ccc6n6c8cnc9c(c8c(cc4n2c13)c56)C1CC2CC(CC9C2)C1)C1CC2CC3CC7CC23C1. The van der Waals surface area contributed by atoms with Crippen LogP contribution in [0, 0.1) is 29.1 Å². The Morgan fingerprint density at radius 1 is 0.510 bits per heavy atom. The van der Waals surface area contributed by atoms with E-state index in [0.717, 1.165) is 29.6 Å². The van der Waals surface area contributed by atoms with Crippen molar-refractivity contribution >= 4 is 76.2 Å². The number of para-hydroxylation sites is 2. The Morgan fingerprint density at radius 3 is 2.22 bits per heavy atom. The van der Waals surface area contributed by atoms with Crippen LogP contribution in [-0.4, -0.2) is 13.8 Å². The molecule has 8 aliphatic rings. The van der Waals surface area contributed by atoms with Crippen LogP contribution in [0.25, 0.3) is 76.2 Å². The minimum atomic E-state index is 0.646. The zero-order chi connectivity index (χ0) is 32.2. The molecule has 3 nitrogen and oxygen atoms in total. The van der Waals surface area contributed by atoms with Crippen LogP contribution in [0.1, 0.15) is 110 Å². The number of rotatable bonds is 0. The highest BCUT2D eigenvalue weighted by atomic mass is 15.0. The lowest BCUT2D eigenvalue weighted by Crippen LogP contribution is -2.41. The van der Waals surface area contributed by atoms with Gasteiger partial charge in [0.25, 0.3) is 0 Å². The molecule has 7 atom stereocenters. The van der Waals surface area contributed by atoms with Crippen LogP contribution in [0.4, 0.5) is 0 Å². The maximum Gasteiger partial charge on any atom is 0.0728 e. The van der Waals surface area contributed by atoms with Gasteiger partial charge in [-0.1, -0.05) is 42.5 Å². The molecular weight excluding hydrogens is 619 g/mol. The van der Waals surface area contributed by atoms with Crippen molar-refractivity contribution in [3.05, 3.63) is 89.2 Å². The highest BCUT2D eigenvalue weighted by Gasteiger charge is 2.65. The summed E-state index contributed by atoms with van der Waals surface area (Å²) in [5.74, 6) is 6.49. The standard InChI is InChI=1S/C48H39N3/c1-2-7-35-31(4-1)32-5-3-6-33-41-37(50(35)46(32)33)18-34-42-38(21-49-45-25-13-22-10-23(14-25)12-24(11-22)40(42)45)51-36-9-8-30-26-15-28-17-29-16-27(20-48(28,29)19-26)39(30)43(36)44(41)47(34)51/h1-9,18,21-29H,10-17,19-20H2. The fourth-order valence-electron chi connectivity index (χ4n) is 16.1. The fourth-order valence-corrected chi connectivity index (χ4v) is 16.1. The van der Waals surface area contributed by atoms with E-state index >= 15 is 0 Å². The number of benzene rings is 4. The summed E-state index contributed by atoms with van der Waals surface area (Å²) < 4.78 is 5.42. The molecular formula is C48H39N3. The predicted molar refractivity (Wildman–Crippen MR) is 207 cm³/mol. The number of nitrogens with zero attached hydrogens (tertiary/aromatic N) is 3. The quantitative estimate of drug-likeness (QED) is 0.159. The summed E-state index contributed by atoms with van der Waals surface area (Å²) >= 11 is 0. The molecule has 17 rings (SSSR count). The van der Waals surface area contributed by atoms with Gasteiger partial charge in [-0.05, 0) is 146 Å². The first-order valence-electron chi connectivity index (χ1n) is 20.5. The van der Waals surface area contributed by atoms with Gasteiger partial charge in [-0.2, -0.15) is 0 Å². The van der Waals surface area contributed by atoms with Crippen molar-refractivity contribution in [3.8, 4) is 0 Å². The molecule has 3 heteroatoms. The van der Waals surface area contributed by atoms with Crippen LogP contribution < -0.4 is 0 Å². The lowest BCUT2D eigenvalue weighted by molar-refractivity contribution is 0.00322. The van der Waals surface area contributed by atoms with Crippen LogP contribution in [-0.2, 0) is 0 Å². The molecule has 5 heterocycles. The molecule has 5 aromatic heterocycles. The second kappa shape index (κ2) is 7.85. The molecule has 5 fully saturated rings. The predicted octanol–water partition coefficient (Wildman–Crippen LogP) is 12.2. The van der Waals surface area contributed by atoms with Crippen molar-refractivity contribution in [2.45, 2.75) is 87.9 Å². The summed E-state index contributed by atoms with van der Waals surface area (Å²) in [6.07, 6.45) is 16.5. The maximum absolute atomic E-state index is 5.54. The first kappa shape index (κ1) is 25.6. The molecule has 0 N–H and O–H groups in total. The molecule has 9 aromatic rings. The Kier molecular flexibility index (Phi) is 3.93. The summed E-state index contributed by atoms with van der Waals surface area (Å²) in [6, 6.07) is 24.2. The van der Waals surface area contributed by atoms with Gasteiger partial charge >= 0.3 is 0 Å². The summed E-state index contributed by atoms with van der Waals surface area (Å²) in [6.45, 7) is 0. The van der Waals surface area contributed by atoms with Gasteiger partial charge in [0, 0.05) is 54.7 Å². The van der Waals surface area contributed by atoms with Crippen molar-refractivity contribution in [2.75, 3.05) is 0 Å². The van der Waals surface area contributed by atoms with Crippen molar-refractivity contribution in [2.24, 2.45) is 29.1 Å². The minimum absolute atomic E-state index is 0.646. The zero-order valence-corrected chi connectivity index (χ0v) is 28.9. The summed E-state index contributed by atoms with van der Waals surface area (Å²) in [5, 5.41) is 11.9. The molecule has 5 saturated carbocycles. The highest BCUT2D eigenvalue weighted by molar-refractivity contribution is 6.38. The average molecular weight is 658 g/mol. The van der Waals surface area contributed by atoms with Gasteiger partial charge in [-0.25, -0.2) is 0 Å². The monoisotopic (exact) mass is 657 g/mol. The van der Waals surface area contributed by atoms with Crippen molar-refractivity contribution in [3.63, 3.8) is 0 Å². The van der Waals surface area contributed by atoms with Gasteiger partial charge in [0.15, 0.2) is 0 Å². The first-order valence-corrected chi connectivity index (χ1v) is 20.5. The lowest BCUT2D eigenvalue weighted by atomic mass is 9.56. The first-order chi connectivity index (χ1) is 25.2. The summed E-state index contributed by atoms with van der Waals surface area (Å²) in [7, 11) is 0. The summed E-state index contributed by atoms with van der Waals surface area (Å²) in [5.41, 5.74) is 15.8. The second-order valence-electron chi connectivity index (χ2n) is 19.2. The number of aromatic nitrogens is 3. The van der Waals surface area contributed by atoms with Crippen molar-refractivity contribution in [1.82, 2.24) is 13.8 Å². The third kappa shape index (κ3) is 2.55. The van der Waals surface area contributed by atoms with Gasteiger partial charge in [0.2, 0.25) is 0 Å². The molecule has 0 aliphatic heterocycles. The molecule has 1 spiro atoms. The molecule has 0 amide bonds. The molecule has 51 heavy (non-hydrogen) atoms. The number of hydrogen-bond donors (Lipinski definition) is 0. The summed E-state index contributed by atoms with van der Waals surface area (Å²) in [4.78, 5) is 5.54. The Labute approximate surface area is 295 Å². The van der Waals surface area contributed by atoms with E-state index in [9.17, 15) is 0 Å². The largest absolute Gasteiger partial charge is 0.308 e. The highest BCUT2D eigenvalue weighted by Crippen LogP contribution is 2.76. The Morgan fingerprint density at radius 2 is 1.29 bits per heavy atom. The zero-order valence-electron chi connectivity index (χ0n) is 28.9. The number of hydrogen-bond acceptors (Lipinski definition) is 1. The Balaban J connectivity index is 1.17. The maximum atomic E-state index is 5.54. The Bertz CT molecular complexity index is 3110. The van der Waals surface area contributed by atoms with Crippen LogP contribution in [0.5, 0.6) is 0 Å². The van der Waals surface area contributed by atoms with Gasteiger partial charge in [0.1, 0.15) is 0 Å². The average Bonchev–Trinajstić information content (AvgIpc) is 3.94. The van der Waals surface area contributed by atoms with Gasteiger partial charge in [0.05, 0.1) is 39.3 Å². The lowest BCUT2D eigenvalue weighted by Gasteiger charge is -2.48. The molecule has 0 saturated heterocycles. The van der Waals surface area contributed by atoms with E-state index in [4.69, 9.17) is 4.98 Å². The minimum Gasteiger partial charge on any atom is -0.308 e. The third-order valence-corrected chi connectivity index (χ3v) is 17.5. The number of pyridine rings is 1. The fraction of sp³-hybridized carbons (Fsp3) is 0.396. The van der Waals surface area contributed by atoms with E-state index in [0.29, 0.717) is 23.2 Å². The van der Waals surface area contributed by atoms with E-state index in [-0.39, 0.29) is 0 Å². The molecule has 8 aliphatic carbocycles. The van der Waals surface area contributed by atoms with Crippen LogP contribution in [0.3, 0.4) is 0 Å². The van der Waals surface area contributed by atoms with E-state index in [1.54, 1.807) is 32.8 Å². The Hall–Kier alpha value is -4.37. The van der Waals surface area contributed by atoms with E-state index < -0.39 is 0 Å². The van der Waals surface area contributed by atoms with Crippen LogP contribution >= 0.6 is 0 Å². The van der Waals surface area contributed by atoms with E-state index in [1.807, 2.05) is 0 Å². The molecule has 246 valence electrons. The van der Waals surface area contributed by atoms with E-state index in [1.165, 1.54) is 130 Å². The molecule has 0 radical (unpaired) electrons. The molecule has 7 unspecified atom stereocenters. The van der Waals surface area contributed by atoms with Gasteiger partial charge in [-0.3, -0.25) is 4.98 Å². The molecule has 7 bridgehead atoms. The van der Waals surface area contributed by atoms with Crippen LogP contribution in [0.2, 0.25) is 0 Å². The normalized spacial score (nSPS) is 34.4. The smallest absolute Gasteiger partial charge is 0.0728 e. The van der Waals surface area contributed by atoms with Crippen molar-refractivity contribution < 1.29 is 0 Å². The van der Waals surface area contributed by atoms with Crippen LogP contribution in [0.15, 0.2) is 66.9 Å². The number of fused-ring (bicyclic) bond motifs is 19. The van der Waals surface area contributed by atoms with Gasteiger partial charge < -0.3 is 8.80 Å². The van der Waals surface area contributed by atoms with Gasteiger partial charge in [-0.15, -0.1) is 0 Å². The third-order valence-electron chi connectivity index (χ3n) is 17.5. The van der Waals surface area contributed by atoms with Crippen molar-refractivity contribution in [1.29, 1.82) is 0 Å². The van der Waals surface area contributed by atoms with E-state index in [2.05, 4.69) is 75.7 Å². The molecule has 4 aromatic carbocycles. The topological polar surface area (TPSA) is 21.7 Å².